The van der Waals surface area contributed by atoms with Crippen LogP contribution in [0.2, 0.25) is 0 Å². The number of carbonyl (C=O) groups is 1. The van der Waals surface area contributed by atoms with E-state index in [1.165, 1.54) is 0 Å². The molecule has 1 unspecified atom stereocenters. The molecule has 0 saturated carbocycles. The lowest BCUT2D eigenvalue weighted by molar-refractivity contribution is -0.120. The molecule has 0 bridgehead atoms. The molecule has 0 aliphatic heterocycles. The number of hydrogen-bond acceptors (Lipinski definition) is 7. The monoisotopic (exact) mass is 493 g/mol. The maximum Gasteiger partial charge on any atom is 0.146 e. The fourth-order valence-corrected chi connectivity index (χ4v) is 4.09. The lowest BCUT2D eigenvalue weighted by Gasteiger charge is -2.36. The number of ether oxygens (including phenoxy) is 1. The van der Waals surface area contributed by atoms with Crippen LogP contribution < -0.4 is 5.32 Å². The van der Waals surface area contributed by atoms with Gasteiger partial charge in [0.2, 0.25) is 0 Å². The molecule has 7 heteroatoms. The Morgan fingerprint density at radius 1 is 0.750 bits per heavy atom. The molecule has 36 heavy (non-hydrogen) atoms. The van der Waals surface area contributed by atoms with E-state index in [0.717, 1.165) is 16.7 Å². The summed E-state index contributed by atoms with van der Waals surface area (Å²) in [6.07, 6.45) is -0.646. The number of aliphatic hydroxyl groups excluding tert-OH is 4. The molecule has 1 atom stereocenters. The van der Waals surface area contributed by atoms with E-state index in [0.29, 0.717) is 0 Å². The molecule has 7 nitrogen and oxygen atoms in total. The first-order chi connectivity index (χ1) is 17.5. The zero-order chi connectivity index (χ0) is 25.9. The summed E-state index contributed by atoms with van der Waals surface area (Å²) in [6, 6.07) is 29.5. The molecule has 0 fully saturated rings. The molecular weight excluding hydrogens is 458 g/mol. The Kier molecular flexibility index (Phi) is 10.3. The van der Waals surface area contributed by atoms with Crippen LogP contribution in [0.3, 0.4) is 0 Å². The summed E-state index contributed by atoms with van der Waals surface area (Å²) in [4.78, 5) is 12.3. The third-order valence-corrected chi connectivity index (χ3v) is 6.36. The molecule has 0 saturated heterocycles. The van der Waals surface area contributed by atoms with Crippen LogP contribution in [0, 0.1) is 0 Å². The van der Waals surface area contributed by atoms with Crippen molar-refractivity contribution in [2.24, 2.45) is 0 Å². The molecule has 5 N–H and O–H groups in total. The van der Waals surface area contributed by atoms with Crippen LogP contribution in [0.5, 0.6) is 0 Å². The average Bonchev–Trinajstić information content (AvgIpc) is 2.95. The number of nitrogens with one attached hydrogen (secondary N) is 1. The number of hydrogen-bond donors (Lipinski definition) is 5. The Bertz CT molecular complexity index is 936. The van der Waals surface area contributed by atoms with Gasteiger partial charge in [-0.3, -0.25) is 10.1 Å². The SMILES string of the molecule is O=C(CCC(O)COC(c1ccccc1)(c1ccccc1)c1ccccc1)CNC(CO)(CO)CO. The van der Waals surface area contributed by atoms with Crippen LogP contribution in [0.15, 0.2) is 91.0 Å². The molecule has 0 aliphatic carbocycles. The maximum absolute atomic E-state index is 12.3. The van der Waals surface area contributed by atoms with Gasteiger partial charge in [-0.15, -0.1) is 0 Å². The van der Waals surface area contributed by atoms with Crippen molar-refractivity contribution < 1.29 is 30.0 Å². The number of carbonyl (C=O) groups excluding carboxylic acids is 1. The highest BCUT2D eigenvalue weighted by Crippen LogP contribution is 2.40. The Hall–Kier alpha value is -2.91. The first kappa shape index (κ1) is 27.7. The Labute approximate surface area is 212 Å². The second kappa shape index (κ2) is 13.4. The van der Waals surface area contributed by atoms with Gasteiger partial charge in [-0.25, -0.2) is 0 Å². The second-order valence-corrected chi connectivity index (χ2v) is 8.93. The van der Waals surface area contributed by atoms with E-state index in [2.05, 4.69) is 5.32 Å². The van der Waals surface area contributed by atoms with Gasteiger partial charge in [0.1, 0.15) is 11.4 Å². The topological polar surface area (TPSA) is 119 Å². The van der Waals surface area contributed by atoms with Crippen molar-refractivity contribution in [2.45, 2.75) is 30.1 Å². The van der Waals surface area contributed by atoms with E-state index in [-0.39, 0.29) is 31.8 Å². The van der Waals surface area contributed by atoms with Gasteiger partial charge in [-0.2, -0.15) is 0 Å². The third kappa shape index (κ3) is 6.64. The molecule has 3 aromatic carbocycles. The predicted octanol–water partition coefficient (Wildman–Crippen LogP) is 2.01. The van der Waals surface area contributed by atoms with Crippen molar-refractivity contribution in [1.29, 1.82) is 0 Å². The largest absolute Gasteiger partial charge is 0.394 e. The van der Waals surface area contributed by atoms with Gasteiger partial charge in [-0.1, -0.05) is 91.0 Å². The van der Waals surface area contributed by atoms with Crippen LogP contribution in [0.4, 0.5) is 0 Å². The van der Waals surface area contributed by atoms with Gasteiger partial charge in [-0.05, 0) is 23.1 Å². The van der Waals surface area contributed by atoms with Crippen molar-refractivity contribution in [3.05, 3.63) is 108 Å². The van der Waals surface area contributed by atoms with Crippen LogP contribution in [-0.2, 0) is 15.1 Å². The number of aliphatic hydroxyl groups is 4. The van der Waals surface area contributed by atoms with E-state index in [9.17, 15) is 25.2 Å². The normalized spacial score (nSPS) is 12.9. The summed E-state index contributed by atoms with van der Waals surface area (Å²) in [5, 5.41) is 41.6. The summed E-state index contributed by atoms with van der Waals surface area (Å²) in [7, 11) is 0. The highest BCUT2D eigenvalue weighted by atomic mass is 16.5. The summed E-state index contributed by atoms with van der Waals surface area (Å²) < 4.78 is 6.57. The Morgan fingerprint density at radius 3 is 1.56 bits per heavy atom. The molecule has 3 rings (SSSR count). The molecule has 0 radical (unpaired) electrons. The lowest BCUT2D eigenvalue weighted by Crippen LogP contribution is -2.56. The van der Waals surface area contributed by atoms with Crippen molar-refractivity contribution in [2.75, 3.05) is 33.0 Å². The Morgan fingerprint density at radius 2 is 1.17 bits per heavy atom. The second-order valence-electron chi connectivity index (χ2n) is 8.93. The molecule has 192 valence electrons. The highest BCUT2D eigenvalue weighted by Gasteiger charge is 2.38. The fourth-order valence-electron chi connectivity index (χ4n) is 4.09. The first-order valence-corrected chi connectivity index (χ1v) is 12.1. The first-order valence-electron chi connectivity index (χ1n) is 12.1. The van der Waals surface area contributed by atoms with E-state index < -0.39 is 37.1 Å². The van der Waals surface area contributed by atoms with Crippen molar-refractivity contribution in [1.82, 2.24) is 5.32 Å². The quantitative estimate of drug-likeness (QED) is 0.206. The van der Waals surface area contributed by atoms with Crippen molar-refractivity contribution >= 4 is 5.78 Å². The molecule has 0 aromatic heterocycles. The molecule has 0 aliphatic rings. The molecule has 0 heterocycles. The van der Waals surface area contributed by atoms with Gasteiger partial charge >= 0.3 is 0 Å². The minimum Gasteiger partial charge on any atom is -0.394 e. The van der Waals surface area contributed by atoms with E-state index in [1.807, 2.05) is 91.0 Å². The predicted molar refractivity (Wildman–Crippen MR) is 137 cm³/mol. The van der Waals surface area contributed by atoms with Gasteiger partial charge in [0, 0.05) is 6.42 Å². The standard InChI is InChI=1S/C29H35NO6/c31-20-28(21-32,22-33)30-18-26(34)16-17-27(35)19-36-29(23-10-4-1-5-11-23,24-12-6-2-7-13-24)25-14-8-3-9-15-25/h1-15,27,30-33,35H,16-22H2. The number of rotatable bonds is 15. The number of Topliss-reactive ketones (excluding diaryl/α,β-unsaturated/α-hetero) is 1. The summed E-state index contributed by atoms with van der Waals surface area (Å²) in [5.41, 5.74) is 0.479. The fraction of sp³-hybridized carbons (Fsp3) is 0.345. The third-order valence-electron chi connectivity index (χ3n) is 6.36. The van der Waals surface area contributed by atoms with E-state index >= 15 is 0 Å². The van der Waals surface area contributed by atoms with Crippen LogP contribution in [0.25, 0.3) is 0 Å². The van der Waals surface area contributed by atoms with Crippen LogP contribution in [0.1, 0.15) is 29.5 Å². The summed E-state index contributed by atoms with van der Waals surface area (Å²) >= 11 is 0. The van der Waals surface area contributed by atoms with Crippen LogP contribution >= 0.6 is 0 Å². The van der Waals surface area contributed by atoms with E-state index in [1.54, 1.807) is 0 Å². The van der Waals surface area contributed by atoms with Gasteiger partial charge < -0.3 is 25.2 Å². The van der Waals surface area contributed by atoms with E-state index in [4.69, 9.17) is 4.74 Å². The van der Waals surface area contributed by atoms with Crippen LogP contribution in [-0.4, -0.2) is 70.8 Å². The molecular formula is C29H35NO6. The zero-order valence-electron chi connectivity index (χ0n) is 20.3. The van der Waals surface area contributed by atoms with Gasteiger partial charge in [0.15, 0.2) is 0 Å². The minimum atomic E-state index is -1.32. The Balaban J connectivity index is 1.75. The smallest absolute Gasteiger partial charge is 0.146 e. The van der Waals surface area contributed by atoms with Gasteiger partial charge in [0.05, 0.1) is 44.6 Å². The maximum atomic E-state index is 12.3. The number of ketones is 1. The van der Waals surface area contributed by atoms with Crippen molar-refractivity contribution in [3.63, 3.8) is 0 Å². The van der Waals surface area contributed by atoms with Crippen molar-refractivity contribution in [3.8, 4) is 0 Å². The lowest BCUT2D eigenvalue weighted by atomic mass is 9.80. The summed E-state index contributed by atoms with van der Waals surface area (Å²) in [6.45, 7) is -1.68. The minimum absolute atomic E-state index is 0.00670. The molecule has 0 amide bonds. The molecule has 3 aromatic rings. The highest BCUT2D eigenvalue weighted by molar-refractivity contribution is 5.80. The van der Waals surface area contributed by atoms with Gasteiger partial charge in [0.25, 0.3) is 0 Å². The number of benzene rings is 3. The zero-order valence-corrected chi connectivity index (χ0v) is 20.3. The summed E-state index contributed by atoms with van der Waals surface area (Å²) in [5.74, 6) is -0.214. The average molecular weight is 494 g/mol. The molecule has 0 spiro atoms.